The van der Waals surface area contributed by atoms with Gasteiger partial charge in [0, 0.05) is 16.4 Å². The van der Waals surface area contributed by atoms with Crippen molar-refractivity contribution in [2.24, 2.45) is 0 Å². The van der Waals surface area contributed by atoms with Crippen molar-refractivity contribution in [3.63, 3.8) is 0 Å². The van der Waals surface area contributed by atoms with E-state index < -0.39 is 18.2 Å². The minimum Gasteiger partial charge on any atom is -0.302 e. The number of carbonyl (C=O) groups excluding carboxylic acids is 2. The molecule has 0 amide bonds. The summed E-state index contributed by atoms with van der Waals surface area (Å²) in [6.45, 7) is 19.5. The summed E-state index contributed by atoms with van der Waals surface area (Å²) in [5.41, 5.74) is 6.43. The van der Waals surface area contributed by atoms with Crippen LogP contribution in [0.1, 0.15) is 105 Å². The maximum absolute atomic E-state index is 15.4. The Balaban J connectivity index is 2.47. The third kappa shape index (κ3) is 4.91. The van der Waals surface area contributed by atoms with Gasteiger partial charge in [-0.3, -0.25) is 9.59 Å². The summed E-state index contributed by atoms with van der Waals surface area (Å²) in [5, 5.41) is 0.387. The van der Waals surface area contributed by atoms with Crippen LogP contribution in [0.25, 0.3) is 0 Å². The van der Waals surface area contributed by atoms with Crippen molar-refractivity contribution in [1.29, 1.82) is 0 Å². The Kier molecular flexibility index (Phi) is 7.96. The topological polar surface area (TPSA) is 51.2 Å². The van der Waals surface area contributed by atoms with E-state index in [4.69, 9.17) is 0 Å². The Bertz CT molecular complexity index is 1290. The molecular weight excluding hydrogens is 463 g/mol. The molecule has 36 heavy (non-hydrogen) atoms. The second-order valence-electron chi connectivity index (χ2n) is 10.9. The van der Waals surface area contributed by atoms with Gasteiger partial charge in [-0.15, -0.1) is 0 Å². The van der Waals surface area contributed by atoms with Gasteiger partial charge in [-0.05, 0) is 92.8 Å². The number of hydrogen-bond acceptors (Lipinski definition) is 3. The van der Waals surface area contributed by atoms with Crippen molar-refractivity contribution in [1.82, 2.24) is 0 Å². The van der Waals surface area contributed by atoms with Crippen LogP contribution in [0.4, 0.5) is 0 Å². The number of aryl methyl sites for hydroxylation is 6. The average molecular weight is 503 g/mol. The molecule has 0 spiro atoms. The summed E-state index contributed by atoms with van der Waals surface area (Å²) >= 11 is 0. The maximum Gasteiger partial charge on any atom is 0.248 e. The van der Waals surface area contributed by atoms with E-state index >= 15 is 4.57 Å². The van der Waals surface area contributed by atoms with E-state index in [1.807, 2.05) is 97.9 Å². The largest absolute Gasteiger partial charge is 0.302 e. The molecule has 0 saturated heterocycles. The minimum atomic E-state index is -4.27. The first-order chi connectivity index (χ1) is 16.7. The molecule has 0 heterocycles. The van der Waals surface area contributed by atoms with Gasteiger partial charge in [0.1, 0.15) is 0 Å². The maximum atomic E-state index is 15.4. The van der Waals surface area contributed by atoms with Crippen LogP contribution in [-0.2, 0) is 4.57 Å². The molecule has 0 aromatic heterocycles. The van der Waals surface area contributed by atoms with Crippen molar-refractivity contribution in [3.05, 3.63) is 98.1 Å². The fourth-order valence-electron chi connectivity index (χ4n) is 5.34. The minimum absolute atomic E-state index is 0.00411. The van der Waals surface area contributed by atoms with E-state index in [-0.39, 0.29) is 11.8 Å². The second kappa shape index (κ2) is 10.3. The number of carbonyl (C=O) groups is 2. The highest BCUT2D eigenvalue weighted by atomic mass is 31.2. The monoisotopic (exact) mass is 502 g/mol. The predicted molar refractivity (Wildman–Crippen MR) is 152 cm³/mol. The molecule has 0 radical (unpaired) electrons. The summed E-state index contributed by atoms with van der Waals surface area (Å²) in [6.07, 6.45) is 0. The lowest BCUT2D eigenvalue weighted by molar-refractivity contribution is 0.104. The molecule has 0 saturated carbocycles. The van der Waals surface area contributed by atoms with Crippen molar-refractivity contribution in [2.45, 2.75) is 81.1 Å². The van der Waals surface area contributed by atoms with Gasteiger partial charge >= 0.3 is 0 Å². The molecule has 0 N–H and O–H groups in total. The van der Waals surface area contributed by atoms with E-state index in [1.165, 1.54) is 0 Å². The van der Waals surface area contributed by atoms with Gasteiger partial charge in [-0.1, -0.05) is 75.2 Å². The normalized spacial score (nSPS) is 11.9. The van der Waals surface area contributed by atoms with E-state index in [1.54, 1.807) is 0 Å². The lowest BCUT2D eigenvalue weighted by atomic mass is 9.97. The smallest absolute Gasteiger partial charge is 0.248 e. The van der Waals surface area contributed by atoms with E-state index in [9.17, 15) is 9.59 Å². The molecule has 0 fully saturated rings. The fraction of sp³-hybridized carbons (Fsp3) is 0.375. The average Bonchev–Trinajstić information content (AvgIpc) is 2.76. The Morgan fingerprint density at radius 1 is 0.611 bits per heavy atom. The number of rotatable bonds is 7. The molecule has 190 valence electrons. The van der Waals surface area contributed by atoms with Crippen LogP contribution in [0.3, 0.4) is 0 Å². The molecular formula is C32H39O3P. The van der Waals surface area contributed by atoms with Gasteiger partial charge in [0.25, 0.3) is 0 Å². The molecule has 0 aliphatic rings. The molecule has 0 aliphatic heterocycles. The summed E-state index contributed by atoms with van der Waals surface area (Å²) in [6, 6.07) is 13.5. The van der Waals surface area contributed by atoms with Crippen molar-refractivity contribution < 1.29 is 14.2 Å². The Morgan fingerprint density at radius 2 is 1.00 bits per heavy atom. The Labute approximate surface area is 216 Å². The van der Waals surface area contributed by atoms with Gasteiger partial charge in [0.05, 0.1) is 0 Å². The highest BCUT2D eigenvalue weighted by Gasteiger charge is 2.46. The lowest BCUT2D eigenvalue weighted by Crippen LogP contribution is -2.26. The fourth-order valence-corrected chi connectivity index (χ4v) is 8.33. The van der Waals surface area contributed by atoms with Gasteiger partial charge in [-0.2, -0.15) is 0 Å². The first kappa shape index (κ1) is 27.8. The van der Waals surface area contributed by atoms with Crippen LogP contribution in [0.15, 0.2) is 42.5 Å². The SMILES string of the molecule is Cc1cc(C)c(C(=O)P(=O)(C(=O)c2c(C)cc(C)cc2C)c2cc(C(C)C)ccc2C(C)C)c(C)c1. The first-order valence-corrected chi connectivity index (χ1v) is 14.4. The summed E-state index contributed by atoms with van der Waals surface area (Å²) in [4.78, 5) is 29.0. The zero-order valence-corrected chi connectivity index (χ0v) is 24.3. The van der Waals surface area contributed by atoms with Gasteiger partial charge in [0.2, 0.25) is 18.2 Å². The predicted octanol–water partition coefficient (Wildman–Crippen LogP) is 8.45. The molecule has 0 atom stereocenters. The molecule has 0 unspecified atom stereocenters. The number of benzene rings is 3. The van der Waals surface area contributed by atoms with Crippen LogP contribution in [0.2, 0.25) is 0 Å². The first-order valence-electron chi connectivity index (χ1n) is 12.7. The van der Waals surface area contributed by atoms with E-state index in [2.05, 4.69) is 13.8 Å². The molecule has 0 aliphatic carbocycles. The van der Waals surface area contributed by atoms with Crippen LogP contribution in [-0.4, -0.2) is 11.0 Å². The van der Waals surface area contributed by atoms with Crippen LogP contribution >= 0.6 is 7.14 Å². The zero-order valence-electron chi connectivity index (χ0n) is 23.4. The standard InChI is InChI=1S/C32H39O3P/c1-18(2)26-11-12-27(19(3)4)28(17-26)36(35,31(33)29-22(7)13-20(5)14-23(29)8)32(34)30-24(9)15-21(6)16-25(30)10/h11-19H,1-10H3. The lowest BCUT2D eigenvalue weighted by Gasteiger charge is -2.25. The quantitative estimate of drug-likeness (QED) is 0.305. The zero-order chi connectivity index (χ0) is 27.1. The molecule has 3 nitrogen and oxygen atoms in total. The summed E-state index contributed by atoms with van der Waals surface area (Å²) in [5.74, 6) is 0.157. The molecule has 3 rings (SSSR count). The van der Waals surface area contributed by atoms with Crippen molar-refractivity contribution in [3.8, 4) is 0 Å². The molecule has 3 aromatic carbocycles. The summed E-state index contributed by atoms with van der Waals surface area (Å²) in [7, 11) is -4.27. The van der Waals surface area contributed by atoms with Gasteiger partial charge in [-0.25, -0.2) is 0 Å². The van der Waals surface area contributed by atoms with Crippen LogP contribution in [0, 0.1) is 41.5 Å². The molecule has 0 bridgehead atoms. The molecule has 3 aromatic rings. The highest BCUT2D eigenvalue weighted by molar-refractivity contribution is 8.01. The van der Waals surface area contributed by atoms with Crippen molar-refractivity contribution >= 4 is 23.5 Å². The van der Waals surface area contributed by atoms with E-state index in [0.29, 0.717) is 16.4 Å². The second-order valence-corrected chi connectivity index (χ2v) is 13.4. The Hall–Kier alpha value is -2.77. The third-order valence-electron chi connectivity index (χ3n) is 7.04. The number of hydrogen-bond donors (Lipinski definition) is 0. The highest BCUT2D eigenvalue weighted by Crippen LogP contribution is 2.54. The van der Waals surface area contributed by atoms with Crippen LogP contribution < -0.4 is 5.30 Å². The third-order valence-corrected chi connectivity index (χ3v) is 9.69. The van der Waals surface area contributed by atoms with Crippen LogP contribution in [0.5, 0.6) is 0 Å². The Morgan fingerprint density at radius 3 is 1.33 bits per heavy atom. The van der Waals surface area contributed by atoms with Gasteiger partial charge in [0.15, 0.2) is 0 Å². The van der Waals surface area contributed by atoms with Gasteiger partial charge < -0.3 is 4.57 Å². The van der Waals surface area contributed by atoms with Crippen molar-refractivity contribution in [2.75, 3.05) is 0 Å². The van der Waals surface area contributed by atoms with E-state index in [0.717, 1.165) is 44.5 Å². The summed E-state index contributed by atoms with van der Waals surface area (Å²) < 4.78 is 15.4. The molecule has 4 heteroatoms.